The molecule has 1 N–H and O–H groups in total. The largest absolute Gasteiger partial charge is 0.491 e. The first kappa shape index (κ1) is 18.0. The lowest BCUT2D eigenvalue weighted by Gasteiger charge is -2.26. The Hall–Kier alpha value is -2.34. The number of morpholine rings is 1. The molecule has 2 aromatic carbocycles. The zero-order valence-corrected chi connectivity index (χ0v) is 15.8. The van der Waals surface area contributed by atoms with Crippen LogP contribution < -0.4 is 4.74 Å². The molecule has 4 rings (SSSR count). The molecule has 0 spiro atoms. The van der Waals surface area contributed by atoms with Gasteiger partial charge in [0.25, 0.3) is 0 Å². The molecule has 1 fully saturated rings. The SMILES string of the molecule is Clc1cc(C=Cc2n[nH]c3ccccc23)ccc1OCCN1CCOCC1. The minimum Gasteiger partial charge on any atom is -0.491 e. The average molecular weight is 384 g/mol. The molecule has 3 aromatic rings. The van der Waals surface area contributed by atoms with Gasteiger partial charge in [-0.3, -0.25) is 10.00 Å². The van der Waals surface area contributed by atoms with Crippen molar-refractivity contribution in [3.05, 3.63) is 58.7 Å². The molecule has 140 valence electrons. The predicted molar refractivity (Wildman–Crippen MR) is 109 cm³/mol. The zero-order chi connectivity index (χ0) is 18.5. The van der Waals surface area contributed by atoms with E-state index >= 15 is 0 Å². The Bertz CT molecular complexity index is 932. The lowest BCUT2D eigenvalue weighted by atomic mass is 10.1. The Morgan fingerprint density at radius 2 is 2.00 bits per heavy atom. The van der Waals surface area contributed by atoms with Gasteiger partial charge in [-0.25, -0.2) is 0 Å². The first-order chi connectivity index (χ1) is 13.3. The van der Waals surface area contributed by atoms with Crippen molar-refractivity contribution < 1.29 is 9.47 Å². The van der Waals surface area contributed by atoms with Crippen molar-refractivity contribution in [2.24, 2.45) is 0 Å². The highest BCUT2D eigenvalue weighted by Gasteiger charge is 2.10. The van der Waals surface area contributed by atoms with Crippen LogP contribution in [0.5, 0.6) is 5.75 Å². The van der Waals surface area contributed by atoms with Gasteiger partial charge in [0, 0.05) is 25.0 Å². The highest BCUT2D eigenvalue weighted by molar-refractivity contribution is 6.32. The van der Waals surface area contributed by atoms with Gasteiger partial charge in [-0.05, 0) is 29.8 Å². The lowest BCUT2D eigenvalue weighted by Crippen LogP contribution is -2.38. The van der Waals surface area contributed by atoms with Crippen LogP contribution >= 0.6 is 11.6 Å². The first-order valence-corrected chi connectivity index (χ1v) is 9.51. The minimum atomic E-state index is 0.617. The molecule has 1 aliphatic heterocycles. The maximum absolute atomic E-state index is 6.39. The quantitative estimate of drug-likeness (QED) is 0.696. The number of ether oxygens (including phenoxy) is 2. The monoisotopic (exact) mass is 383 g/mol. The van der Waals surface area contributed by atoms with E-state index in [0.717, 1.165) is 55.0 Å². The fraction of sp³-hybridized carbons (Fsp3) is 0.286. The van der Waals surface area contributed by atoms with Crippen molar-refractivity contribution in [3.63, 3.8) is 0 Å². The number of para-hydroxylation sites is 1. The fourth-order valence-corrected chi connectivity index (χ4v) is 3.38. The van der Waals surface area contributed by atoms with E-state index in [2.05, 4.69) is 21.2 Å². The van der Waals surface area contributed by atoms with E-state index in [1.54, 1.807) is 0 Å². The summed E-state index contributed by atoms with van der Waals surface area (Å²) in [6.45, 7) is 5.02. The smallest absolute Gasteiger partial charge is 0.137 e. The Morgan fingerprint density at radius 1 is 1.15 bits per heavy atom. The number of hydrogen-bond donors (Lipinski definition) is 1. The van der Waals surface area contributed by atoms with Crippen LogP contribution in [0, 0.1) is 0 Å². The second-order valence-corrected chi connectivity index (χ2v) is 6.89. The molecule has 5 nitrogen and oxygen atoms in total. The van der Waals surface area contributed by atoms with Crippen LogP contribution in [-0.4, -0.2) is 54.6 Å². The molecule has 0 bridgehead atoms. The molecule has 6 heteroatoms. The molecule has 2 heterocycles. The van der Waals surface area contributed by atoms with Crippen molar-refractivity contribution in [1.82, 2.24) is 15.1 Å². The molecule has 1 aliphatic rings. The second-order valence-electron chi connectivity index (χ2n) is 6.48. The lowest BCUT2D eigenvalue weighted by molar-refractivity contribution is 0.0322. The number of aromatic amines is 1. The van der Waals surface area contributed by atoms with Crippen LogP contribution in [-0.2, 0) is 4.74 Å². The van der Waals surface area contributed by atoms with Gasteiger partial charge in [0.15, 0.2) is 0 Å². The van der Waals surface area contributed by atoms with E-state index in [1.165, 1.54) is 0 Å². The minimum absolute atomic E-state index is 0.617. The molecule has 0 atom stereocenters. The summed E-state index contributed by atoms with van der Waals surface area (Å²) in [5.41, 5.74) is 2.94. The summed E-state index contributed by atoms with van der Waals surface area (Å²) in [4.78, 5) is 2.34. The molecule has 1 aromatic heterocycles. The third-order valence-corrected chi connectivity index (χ3v) is 4.95. The third-order valence-electron chi connectivity index (χ3n) is 4.66. The van der Waals surface area contributed by atoms with Crippen LogP contribution in [0.4, 0.5) is 0 Å². The zero-order valence-electron chi connectivity index (χ0n) is 15.0. The number of aromatic nitrogens is 2. The molecule has 1 saturated heterocycles. The van der Waals surface area contributed by atoms with Crippen molar-refractivity contribution in [3.8, 4) is 5.75 Å². The van der Waals surface area contributed by atoms with Gasteiger partial charge in [-0.1, -0.05) is 41.9 Å². The van der Waals surface area contributed by atoms with Gasteiger partial charge < -0.3 is 9.47 Å². The second kappa shape index (κ2) is 8.57. The summed E-state index contributed by atoms with van der Waals surface area (Å²) in [6, 6.07) is 13.9. The summed E-state index contributed by atoms with van der Waals surface area (Å²) in [7, 11) is 0. The molecular formula is C21H22ClN3O2. The van der Waals surface area contributed by atoms with Crippen molar-refractivity contribution in [1.29, 1.82) is 0 Å². The normalized spacial score (nSPS) is 15.6. The molecule has 0 radical (unpaired) electrons. The number of rotatable bonds is 6. The molecular weight excluding hydrogens is 362 g/mol. The predicted octanol–water partition coefficient (Wildman–Crippen LogP) is 4.10. The van der Waals surface area contributed by atoms with Crippen LogP contribution in [0.3, 0.4) is 0 Å². The average Bonchev–Trinajstić information content (AvgIpc) is 3.12. The van der Waals surface area contributed by atoms with Gasteiger partial charge in [0.1, 0.15) is 12.4 Å². The van der Waals surface area contributed by atoms with E-state index < -0.39 is 0 Å². The number of hydrogen-bond acceptors (Lipinski definition) is 4. The number of fused-ring (bicyclic) bond motifs is 1. The van der Waals surface area contributed by atoms with Gasteiger partial charge in [-0.15, -0.1) is 0 Å². The summed E-state index contributed by atoms with van der Waals surface area (Å²) in [6.07, 6.45) is 4.00. The maximum Gasteiger partial charge on any atom is 0.137 e. The van der Waals surface area contributed by atoms with E-state index in [-0.39, 0.29) is 0 Å². The summed E-state index contributed by atoms with van der Waals surface area (Å²) < 4.78 is 11.2. The molecule has 0 aliphatic carbocycles. The van der Waals surface area contributed by atoms with Crippen LogP contribution in [0.25, 0.3) is 23.1 Å². The number of nitrogens with one attached hydrogen (secondary N) is 1. The maximum atomic E-state index is 6.39. The fourth-order valence-electron chi connectivity index (χ4n) is 3.13. The number of H-pyrrole nitrogens is 1. The standard InChI is InChI=1S/C21H22ClN3O2/c22-18-15-16(5-7-20-17-3-1-2-4-19(17)23-24-20)6-8-21(18)27-14-11-25-9-12-26-13-10-25/h1-8,15H,9-14H2,(H,23,24). The Morgan fingerprint density at radius 3 is 2.85 bits per heavy atom. The first-order valence-electron chi connectivity index (χ1n) is 9.13. The van der Waals surface area contributed by atoms with Crippen molar-refractivity contribution in [2.75, 3.05) is 39.5 Å². The third kappa shape index (κ3) is 4.50. The number of halogens is 1. The topological polar surface area (TPSA) is 50.4 Å². The van der Waals surface area contributed by atoms with Crippen LogP contribution in [0.1, 0.15) is 11.3 Å². The summed E-state index contributed by atoms with van der Waals surface area (Å²) in [5, 5.41) is 9.10. The van der Waals surface area contributed by atoms with Crippen molar-refractivity contribution >= 4 is 34.7 Å². The van der Waals surface area contributed by atoms with E-state index in [4.69, 9.17) is 21.1 Å². The summed E-state index contributed by atoms with van der Waals surface area (Å²) in [5.74, 6) is 0.715. The Labute approximate surface area is 163 Å². The highest BCUT2D eigenvalue weighted by atomic mass is 35.5. The number of benzene rings is 2. The molecule has 0 amide bonds. The van der Waals surface area contributed by atoms with Gasteiger partial charge in [0.05, 0.1) is 29.4 Å². The van der Waals surface area contributed by atoms with Gasteiger partial charge in [-0.2, -0.15) is 5.10 Å². The molecule has 0 saturated carbocycles. The Kier molecular flexibility index (Phi) is 5.72. The Balaban J connectivity index is 1.37. The van der Waals surface area contributed by atoms with Crippen LogP contribution in [0.2, 0.25) is 5.02 Å². The highest BCUT2D eigenvalue weighted by Crippen LogP contribution is 2.26. The molecule has 0 unspecified atom stereocenters. The van der Waals surface area contributed by atoms with Crippen LogP contribution in [0.15, 0.2) is 42.5 Å². The van der Waals surface area contributed by atoms with E-state index in [0.29, 0.717) is 17.4 Å². The van der Waals surface area contributed by atoms with Gasteiger partial charge >= 0.3 is 0 Å². The molecule has 27 heavy (non-hydrogen) atoms. The number of nitrogens with zero attached hydrogens (tertiary/aromatic N) is 2. The van der Waals surface area contributed by atoms with Gasteiger partial charge in [0.2, 0.25) is 0 Å². The summed E-state index contributed by atoms with van der Waals surface area (Å²) >= 11 is 6.39. The van der Waals surface area contributed by atoms with Crippen molar-refractivity contribution in [2.45, 2.75) is 0 Å². The van der Waals surface area contributed by atoms with E-state index in [1.807, 2.05) is 48.6 Å². The van der Waals surface area contributed by atoms with E-state index in [9.17, 15) is 0 Å².